The normalized spacial score (nSPS) is 29.5. The minimum absolute atomic E-state index is 0. The van der Waals surface area contributed by atoms with Crippen molar-refractivity contribution in [3.63, 3.8) is 0 Å². The minimum Gasteiger partial charge on any atom is -0.454 e. The van der Waals surface area contributed by atoms with Gasteiger partial charge in [-0.2, -0.15) is 0 Å². The Morgan fingerprint density at radius 2 is 1.95 bits per heavy atom. The highest BCUT2D eigenvalue weighted by atomic mass is 35.5. The lowest BCUT2D eigenvalue weighted by molar-refractivity contribution is -0.177. The first-order chi connectivity index (χ1) is 9.49. The minimum atomic E-state index is -0.486. The van der Waals surface area contributed by atoms with Crippen LogP contribution < -0.4 is 0 Å². The third kappa shape index (κ3) is 3.58. The van der Waals surface area contributed by atoms with Gasteiger partial charge in [-0.05, 0) is 19.5 Å². The van der Waals surface area contributed by atoms with Gasteiger partial charge in [-0.15, -0.1) is 12.4 Å². The largest absolute Gasteiger partial charge is 0.454 e. The molecule has 1 aromatic carbocycles. The van der Waals surface area contributed by atoms with Crippen molar-refractivity contribution in [1.29, 1.82) is 0 Å². The van der Waals surface area contributed by atoms with Gasteiger partial charge < -0.3 is 9.64 Å². The van der Waals surface area contributed by atoms with Crippen LogP contribution >= 0.6 is 12.4 Å². The van der Waals surface area contributed by atoms with E-state index in [1.54, 1.807) is 0 Å². The Labute approximate surface area is 134 Å². The summed E-state index contributed by atoms with van der Waals surface area (Å²) in [5.41, 5.74) is 0.634. The number of carbonyl (C=O) groups is 1. The summed E-state index contributed by atoms with van der Waals surface area (Å²) in [7, 11) is 2.14. The first-order valence-corrected chi connectivity index (χ1v) is 7.47. The van der Waals surface area contributed by atoms with Crippen LogP contribution in [0.1, 0.15) is 39.2 Å². The molecule has 118 valence electrons. The number of carbonyl (C=O) groups excluding carboxylic acids is 1. The van der Waals surface area contributed by atoms with Crippen LogP contribution in [-0.2, 0) is 15.1 Å². The molecule has 0 radical (unpaired) electrons. The average Bonchev–Trinajstić information content (AvgIpc) is 2.45. The van der Waals surface area contributed by atoms with E-state index >= 15 is 0 Å². The molecular formula is C17H26ClNO2. The first kappa shape index (κ1) is 18.0. The lowest BCUT2D eigenvalue weighted by Crippen LogP contribution is -2.53. The van der Waals surface area contributed by atoms with Crippen LogP contribution in [0.4, 0.5) is 0 Å². The molecule has 21 heavy (non-hydrogen) atoms. The van der Waals surface area contributed by atoms with Crippen LogP contribution in [0.2, 0.25) is 0 Å². The quantitative estimate of drug-likeness (QED) is 0.799. The highest BCUT2D eigenvalue weighted by Crippen LogP contribution is 2.43. The van der Waals surface area contributed by atoms with Crippen LogP contribution in [0, 0.1) is 5.92 Å². The van der Waals surface area contributed by atoms with Gasteiger partial charge in [0.1, 0.15) is 5.60 Å². The van der Waals surface area contributed by atoms with Crippen LogP contribution in [0.15, 0.2) is 30.3 Å². The first-order valence-electron chi connectivity index (χ1n) is 7.47. The molecule has 1 heterocycles. The van der Waals surface area contributed by atoms with Crippen molar-refractivity contribution >= 4 is 18.4 Å². The summed E-state index contributed by atoms with van der Waals surface area (Å²) in [4.78, 5) is 14.3. The molecule has 4 heteroatoms. The predicted molar refractivity (Wildman–Crippen MR) is 87.6 cm³/mol. The van der Waals surface area contributed by atoms with Gasteiger partial charge in [0, 0.05) is 31.3 Å². The fourth-order valence-corrected chi connectivity index (χ4v) is 3.15. The molecule has 3 atom stereocenters. The van der Waals surface area contributed by atoms with Crippen molar-refractivity contribution < 1.29 is 9.53 Å². The van der Waals surface area contributed by atoms with Crippen molar-refractivity contribution in [2.75, 3.05) is 13.6 Å². The molecule has 0 N–H and O–H groups in total. The van der Waals surface area contributed by atoms with E-state index in [0.29, 0.717) is 12.5 Å². The van der Waals surface area contributed by atoms with Crippen molar-refractivity contribution in [2.45, 2.75) is 45.3 Å². The molecule has 2 rings (SSSR count). The SMILES string of the molecule is CCC(=O)O[C@@]1(c2ccccc2)C[C@H](C)N(C)C[C@H]1C.Cl. The van der Waals surface area contributed by atoms with E-state index in [0.717, 1.165) is 18.5 Å². The maximum absolute atomic E-state index is 12.0. The lowest BCUT2D eigenvalue weighted by Gasteiger charge is -2.48. The Kier molecular flexibility index (Phi) is 6.24. The fourth-order valence-electron chi connectivity index (χ4n) is 3.15. The van der Waals surface area contributed by atoms with E-state index in [2.05, 4.69) is 37.9 Å². The predicted octanol–water partition coefficient (Wildman–Crippen LogP) is 3.62. The zero-order valence-electron chi connectivity index (χ0n) is 13.3. The van der Waals surface area contributed by atoms with Gasteiger partial charge in [0.05, 0.1) is 0 Å². The summed E-state index contributed by atoms with van der Waals surface area (Å²) in [6.07, 6.45) is 1.27. The third-order valence-corrected chi connectivity index (χ3v) is 4.56. The summed E-state index contributed by atoms with van der Waals surface area (Å²) in [6.45, 7) is 7.17. The molecular weight excluding hydrogens is 286 g/mol. The Morgan fingerprint density at radius 1 is 1.33 bits per heavy atom. The van der Waals surface area contributed by atoms with E-state index in [1.165, 1.54) is 0 Å². The maximum Gasteiger partial charge on any atom is 0.306 e. The summed E-state index contributed by atoms with van der Waals surface area (Å²) >= 11 is 0. The molecule has 0 aliphatic carbocycles. The van der Waals surface area contributed by atoms with Crippen molar-refractivity contribution in [3.8, 4) is 0 Å². The second-order valence-corrected chi connectivity index (χ2v) is 5.98. The molecule has 0 amide bonds. The highest BCUT2D eigenvalue weighted by molar-refractivity contribution is 5.85. The summed E-state index contributed by atoms with van der Waals surface area (Å²) in [5.74, 6) is 0.166. The molecule has 3 nitrogen and oxygen atoms in total. The molecule has 0 aromatic heterocycles. The van der Waals surface area contributed by atoms with Crippen molar-refractivity contribution in [2.24, 2.45) is 5.92 Å². The van der Waals surface area contributed by atoms with Gasteiger partial charge in [0.2, 0.25) is 0 Å². The summed E-state index contributed by atoms with van der Waals surface area (Å²) in [6, 6.07) is 10.6. The second kappa shape index (κ2) is 7.28. The van der Waals surface area contributed by atoms with Crippen LogP contribution in [0.3, 0.4) is 0 Å². The fraction of sp³-hybridized carbons (Fsp3) is 0.588. The third-order valence-electron chi connectivity index (χ3n) is 4.56. The zero-order valence-corrected chi connectivity index (χ0v) is 14.2. The van der Waals surface area contributed by atoms with E-state index < -0.39 is 5.60 Å². The van der Waals surface area contributed by atoms with Gasteiger partial charge in [0.15, 0.2) is 0 Å². The summed E-state index contributed by atoms with van der Waals surface area (Å²) in [5, 5.41) is 0. The van der Waals surface area contributed by atoms with Crippen molar-refractivity contribution in [1.82, 2.24) is 4.90 Å². The average molecular weight is 312 g/mol. The Bertz CT molecular complexity index is 465. The summed E-state index contributed by atoms with van der Waals surface area (Å²) < 4.78 is 5.98. The zero-order chi connectivity index (χ0) is 14.8. The molecule has 0 unspecified atom stereocenters. The van der Waals surface area contributed by atoms with Crippen LogP contribution in [-0.4, -0.2) is 30.5 Å². The molecule has 1 aliphatic rings. The number of rotatable bonds is 3. The molecule has 1 aromatic rings. The van der Waals surface area contributed by atoms with Gasteiger partial charge >= 0.3 is 5.97 Å². The van der Waals surface area contributed by atoms with E-state index in [1.807, 2.05) is 25.1 Å². The molecule has 1 aliphatic heterocycles. The number of hydrogen-bond acceptors (Lipinski definition) is 3. The van der Waals surface area contributed by atoms with Gasteiger partial charge in [0.25, 0.3) is 0 Å². The molecule has 0 saturated carbocycles. The van der Waals surface area contributed by atoms with Crippen molar-refractivity contribution in [3.05, 3.63) is 35.9 Å². The standard InChI is InChI=1S/C17H25NO2.ClH/c1-5-16(19)20-17(15-9-7-6-8-10-15)11-14(3)18(4)12-13(17)2;/h6-10,13-14H,5,11-12H2,1-4H3;1H/t13-,14+,17+;/m1./s1. The van der Waals surface area contributed by atoms with E-state index in [4.69, 9.17) is 4.74 Å². The molecule has 1 saturated heterocycles. The number of ether oxygens (including phenoxy) is 1. The Balaban J connectivity index is 0.00000220. The lowest BCUT2D eigenvalue weighted by atomic mass is 9.74. The number of halogens is 1. The Morgan fingerprint density at radius 3 is 2.52 bits per heavy atom. The van der Waals surface area contributed by atoms with Crippen LogP contribution in [0.25, 0.3) is 0 Å². The number of likely N-dealkylation sites (tertiary alicyclic amines) is 1. The number of piperidine rings is 1. The molecule has 0 spiro atoms. The number of benzene rings is 1. The van der Waals surface area contributed by atoms with Gasteiger partial charge in [-0.1, -0.05) is 44.2 Å². The van der Waals surface area contributed by atoms with Gasteiger partial charge in [-0.3, -0.25) is 4.79 Å². The van der Waals surface area contributed by atoms with E-state index in [9.17, 15) is 4.79 Å². The second-order valence-electron chi connectivity index (χ2n) is 5.98. The van der Waals surface area contributed by atoms with Crippen LogP contribution in [0.5, 0.6) is 0 Å². The van der Waals surface area contributed by atoms with E-state index in [-0.39, 0.29) is 24.3 Å². The maximum atomic E-state index is 12.0. The number of esters is 1. The number of nitrogens with zero attached hydrogens (tertiary/aromatic N) is 1. The molecule has 0 bridgehead atoms. The Hall–Kier alpha value is -1.06. The smallest absolute Gasteiger partial charge is 0.306 e. The molecule has 1 fully saturated rings. The monoisotopic (exact) mass is 311 g/mol. The number of hydrogen-bond donors (Lipinski definition) is 0. The highest BCUT2D eigenvalue weighted by Gasteiger charge is 2.46. The topological polar surface area (TPSA) is 29.5 Å². The van der Waals surface area contributed by atoms with Gasteiger partial charge in [-0.25, -0.2) is 0 Å².